The molecule has 1 aromatic carbocycles. The molecule has 2 heterocycles. The summed E-state index contributed by atoms with van der Waals surface area (Å²) in [5, 5.41) is 3.42. The minimum atomic E-state index is -0.672. The Kier molecular flexibility index (Phi) is 6.29. The average Bonchev–Trinajstić information content (AvgIpc) is 2.65. The molecular weight excluding hydrogens is 404 g/mol. The highest BCUT2D eigenvalue weighted by Crippen LogP contribution is 2.29. The molecule has 140 valence electrons. The van der Waals surface area contributed by atoms with Gasteiger partial charge in [0.05, 0.1) is 26.9 Å². The molecule has 0 radical (unpaired) electrons. The zero-order valence-electron chi connectivity index (χ0n) is 14.6. The molecule has 2 aromatic rings. The van der Waals surface area contributed by atoms with Crippen LogP contribution >= 0.6 is 15.9 Å². The normalized spacial score (nSPS) is 15.2. The van der Waals surface area contributed by atoms with Crippen molar-refractivity contribution in [3.63, 3.8) is 0 Å². The van der Waals surface area contributed by atoms with Crippen LogP contribution in [0.5, 0.6) is 5.75 Å². The van der Waals surface area contributed by atoms with E-state index >= 15 is 0 Å². The van der Waals surface area contributed by atoms with Crippen LogP contribution in [0.3, 0.4) is 0 Å². The molecule has 1 aliphatic rings. The van der Waals surface area contributed by atoms with Crippen LogP contribution in [0, 0.1) is 0 Å². The number of hydrogen-bond donors (Lipinski definition) is 2. The van der Waals surface area contributed by atoms with Gasteiger partial charge in [-0.25, -0.2) is 4.79 Å². The summed E-state index contributed by atoms with van der Waals surface area (Å²) in [7, 11) is 1.50. The second kappa shape index (κ2) is 8.66. The number of benzene rings is 1. The van der Waals surface area contributed by atoms with Gasteiger partial charge in [-0.3, -0.25) is 4.79 Å². The third-order valence-electron chi connectivity index (χ3n) is 4.42. The molecule has 0 atom stereocenters. The first kappa shape index (κ1) is 18.9. The molecule has 1 saturated heterocycles. The molecule has 1 amide bonds. The minimum absolute atomic E-state index is 0.00336. The third kappa shape index (κ3) is 4.44. The fourth-order valence-corrected chi connectivity index (χ4v) is 3.48. The topological polar surface area (TPSA) is 82.2 Å². The van der Waals surface area contributed by atoms with Crippen LogP contribution < -0.4 is 20.6 Å². The zero-order chi connectivity index (χ0) is 18.5. The fourth-order valence-electron chi connectivity index (χ4n) is 3.02. The second-order valence-electron chi connectivity index (χ2n) is 6.20. The van der Waals surface area contributed by atoms with Crippen molar-refractivity contribution < 1.29 is 23.6 Å². The summed E-state index contributed by atoms with van der Waals surface area (Å²) >= 11 is 3.38. The van der Waals surface area contributed by atoms with Crippen molar-refractivity contribution in [2.24, 2.45) is 0 Å². The van der Waals surface area contributed by atoms with Gasteiger partial charge >= 0.3 is 5.63 Å². The lowest BCUT2D eigenvalue weighted by atomic mass is 10.1. The van der Waals surface area contributed by atoms with Crippen molar-refractivity contribution in [2.75, 3.05) is 46.5 Å². The van der Waals surface area contributed by atoms with E-state index in [1.807, 2.05) is 0 Å². The van der Waals surface area contributed by atoms with Crippen LogP contribution in [0.4, 0.5) is 0 Å². The van der Waals surface area contributed by atoms with E-state index in [0.29, 0.717) is 23.3 Å². The molecule has 1 aliphatic heterocycles. The smallest absolute Gasteiger partial charge is 0.349 e. The number of nitrogens with one attached hydrogen (secondary N) is 2. The van der Waals surface area contributed by atoms with E-state index in [1.165, 1.54) is 18.1 Å². The molecule has 7 nitrogen and oxygen atoms in total. The van der Waals surface area contributed by atoms with Crippen LogP contribution in [0.2, 0.25) is 0 Å². The van der Waals surface area contributed by atoms with Gasteiger partial charge in [0.25, 0.3) is 5.91 Å². The standard InChI is InChI=1S/C18H21BrN2O5/c1-24-15-11-13(19)9-12-10-14(18(23)26-16(12)15)17(22)20-3-2-4-21-5-7-25-8-6-21/h9-11H,2-8H2,1H3,(H,20,22)/p+1. The van der Waals surface area contributed by atoms with E-state index in [2.05, 4.69) is 21.2 Å². The Balaban J connectivity index is 1.66. The maximum absolute atomic E-state index is 12.4. The predicted molar refractivity (Wildman–Crippen MR) is 100 cm³/mol. The lowest BCUT2D eigenvalue weighted by Crippen LogP contribution is -3.14. The first-order valence-electron chi connectivity index (χ1n) is 8.59. The Morgan fingerprint density at radius 1 is 1.31 bits per heavy atom. The van der Waals surface area contributed by atoms with Gasteiger partial charge in [0.1, 0.15) is 18.7 Å². The largest absolute Gasteiger partial charge is 0.493 e. The maximum Gasteiger partial charge on any atom is 0.349 e. The first-order valence-corrected chi connectivity index (χ1v) is 9.38. The Hall–Kier alpha value is -1.90. The molecule has 1 fully saturated rings. The van der Waals surface area contributed by atoms with Crippen LogP contribution in [-0.2, 0) is 4.74 Å². The maximum atomic E-state index is 12.4. The number of halogens is 1. The van der Waals surface area contributed by atoms with Gasteiger partial charge in [0.15, 0.2) is 11.3 Å². The molecule has 0 saturated carbocycles. The van der Waals surface area contributed by atoms with E-state index in [1.54, 1.807) is 12.1 Å². The number of amides is 1. The molecule has 2 N–H and O–H groups in total. The SMILES string of the molecule is COc1cc(Br)cc2cc(C(=O)NCCC[NH+]3CCOCC3)c(=O)oc12. The van der Waals surface area contributed by atoms with Crippen molar-refractivity contribution in [2.45, 2.75) is 6.42 Å². The third-order valence-corrected chi connectivity index (χ3v) is 4.88. The molecule has 0 bridgehead atoms. The van der Waals surface area contributed by atoms with Crippen molar-refractivity contribution in [3.05, 3.63) is 38.7 Å². The van der Waals surface area contributed by atoms with Crippen LogP contribution in [0.1, 0.15) is 16.8 Å². The molecule has 26 heavy (non-hydrogen) atoms. The number of rotatable bonds is 6. The number of methoxy groups -OCH3 is 1. The van der Waals surface area contributed by atoms with Crippen molar-refractivity contribution in [1.82, 2.24) is 5.32 Å². The molecule has 8 heteroatoms. The number of ether oxygens (including phenoxy) is 2. The van der Waals surface area contributed by atoms with Crippen molar-refractivity contribution in [3.8, 4) is 5.75 Å². The van der Waals surface area contributed by atoms with Crippen molar-refractivity contribution >= 4 is 32.8 Å². The van der Waals surface area contributed by atoms with E-state index < -0.39 is 11.5 Å². The summed E-state index contributed by atoms with van der Waals surface area (Å²) in [6.45, 7) is 5.07. The monoisotopic (exact) mass is 425 g/mol. The lowest BCUT2D eigenvalue weighted by Gasteiger charge is -2.23. The van der Waals surface area contributed by atoms with E-state index in [4.69, 9.17) is 13.9 Å². The van der Waals surface area contributed by atoms with E-state index in [-0.39, 0.29) is 5.56 Å². The highest BCUT2D eigenvalue weighted by Gasteiger charge is 2.17. The van der Waals surface area contributed by atoms with Crippen LogP contribution in [0.25, 0.3) is 11.0 Å². The summed E-state index contributed by atoms with van der Waals surface area (Å²) in [4.78, 5) is 26.0. The van der Waals surface area contributed by atoms with Gasteiger partial charge < -0.3 is 24.1 Å². The number of hydrogen-bond acceptors (Lipinski definition) is 5. The van der Waals surface area contributed by atoms with Gasteiger partial charge in [-0.15, -0.1) is 0 Å². The Morgan fingerprint density at radius 2 is 2.08 bits per heavy atom. The van der Waals surface area contributed by atoms with Crippen LogP contribution in [-0.4, -0.2) is 52.4 Å². The highest BCUT2D eigenvalue weighted by molar-refractivity contribution is 9.10. The molecule has 1 aromatic heterocycles. The van der Waals surface area contributed by atoms with Gasteiger partial charge in [0, 0.05) is 22.8 Å². The summed E-state index contributed by atoms with van der Waals surface area (Å²) in [5.74, 6) is 0.0171. The average molecular weight is 426 g/mol. The number of quaternary nitrogens is 1. The summed E-state index contributed by atoms with van der Waals surface area (Å²) in [5.41, 5.74) is -0.348. The minimum Gasteiger partial charge on any atom is -0.493 e. The summed E-state index contributed by atoms with van der Waals surface area (Å²) < 4.78 is 16.6. The molecule has 0 unspecified atom stereocenters. The van der Waals surface area contributed by atoms with Crippen molar-refractivity contribution in [1.29, 1.82) is 0 Å². The van der Waals surface area contributed by atoms with Gasteiger partial charge in [-0.1, -0.05) is 15.9 Å². The molecular formula is C18H22BrN2O5+. The number of morpholine rings is 1. The molecule has 0 aliphatic carbocycles. The fraction of sp³-hybridized carbons (Fsp3) is 0.444. The quantitative estimate of drug-likeness (QED) is 0.523. The summed E-state index contributed by atoms with van der Waals surface area (Å²) in [6, 6.07) is 5.02. The highest BCUT2D eigenvalue weighted by atomic mass is 79.9. The Morgan fingerprint density at radius 3 is 2.81 bits per heavy atom. The van der Waals surface area contributed by atoms with E-state index in [0.717, 1.165) is 43.7 Å². The molecule has 3 rings (SSSR count). The number of fused-ring (bicyclic) bond motifs is 1. The second-order valence-corrected chi connectivity index (χ2v) is 7.11. The van der Waals surface area contributed by atoms with Gasteiger partial charge in [-0.05, 0) is 18.2 Å². The Bertz CT molecular complexity index is 845. The zero-order valence-corrected chi connectivity index (χ0v) is 16.2. The number of carbonyl (C=O) groups excluding carboxylic acids is 1. The Labute approximate surface area is 159 Å². The van der Waals surface area contributed by atoms with Crippen LogP contribution in [0.15, 0.2) is 31.9 Å². The first-order chi connectivity index (χ1) is 12.6. The number of carbonyl (C=O) groups is 1. The van der Waals surface area contributed by atoms with Gasteiger partial charge in [-0.2, -0.15) is 0 Å². The molecule has 0 spiro atoms. The summed E-state index contributed by atoms with van der Waals surface area (Å²) in [6.07, 6.45) is 0.847. The van der Waals surface area contributed by atoms with E-state index in [9.17, 15) is 9.59 Å². The predicted octanol–water partition coefficient (Wildman–Crippen LogP) is 0.599. The van der Waals surface area contributed by atoms with Gasteiger partial charge in [0.2, 0.25) is 0 Å². The lowest BCUT2D eigenvalue weighted by molar-refractivity contribution is -0.908.